The van der Waals surface area contributed by atoms with Gasteiger partial charge in [-0.1, -0.05) is 6.92 Å². The number of nitrogens with one attached hydrogen (secondary N) is 1. The summed E-state index contributed by atoms with van der Waals surface area (Å²) in [6.07, 6.45) is 3.73. The van der Waals surface area contributed by atoms with Crippen LogP contribution < -0.4 is 10.2 Å². The monoisotopic (exact) mass is 273 g/mol. The van der Waals surface area contributed by atoms with Crippen molar-refractivity contribution in [1.29, 1.82) is 0 Å². The van der Waals surface area contributed by atoms with Crippen LogP contribution in [0.2, 0.25) is 0 Å². The van der Waals surface area contributed by atoms with Crippen molar-refractivity contribution in [2.75, 3.05) is 42.9 Å². The van der Waals surface area contributed by atoms with Gasteiger partial charge in [-0.25, -0.2) is 0 Å². The van der Waals surface area contributed by atoms with Crippen LogP contribution in [0.1, 0.15) is 32.3 Å². The molecule has 3 rings (SSSR count). The SMILES string of the molecule is CCCN1CCN(c2ccc3c(c2)CCC(C)N3)CC1. The molecule has 0 aliphatic carbocycles. The fourth-order valence-electron chi connectivity index (χ4n) is 3.38. The van der Waals surface area contributed by atoms with Crippen molar-refractivity contribution in [2.24, 2.45) is 0 Å². The van der Waals surface area contributed by atoms with Crippen LogP contribution in [0, 0.1) is 0 Å². The summed E-state index contributed by atoms with van der Waals surface area (Å²) in [6, 6.07) is 7.59. The highest BCUT2D eigenvalue weighted by Gasteiger charge is 2.19. The van der Waals surface area contributed by atoms with Crippen LogP contribution in [0.5, 0.6) is 0 Å². The number of rotatable bonds is 3. The molecule has 1 atom stereocenters. The lowest BCUT2D eigenvalue weighted by Crippen LogP contribution is -2.46. The number of fused-ring (bicyclic) bond motifs is 1. The van der Waals surface area contributed by atoms with Crippen LogP contribution in [0.4, 0.5) is 11.4 Å². The Kier molecular flexibility index (Phi) is 4.16. The summed E-state index contributed by atoms with van der Waals surface area (Å²) >= 11 is 0. The molecule has 1 unspecified atom stereocenters. The third-order valence-electron chi connectivity index (χ3n) is 4.61. The maximum absolute atomic E-state index is 3.59. The maximum atomic E-state index is 3.59. The lowest BCUT2D eigenvalue weighted by Gasteiger charge is -2.36. The van der Waals surface area contributed by atoms with Gasteiger partial charge in [0, 0.05) is 43.6 Å². The van der Waals surface area contributed by atoms with E-state index in [1.54, 1.807) is 0 Å². The summed E-state index contributed by atoms with van der Waals surface area (Å²) in [5, 5.41) is 3.59. The molecule has 0 bridgehead atoms. The van der Waals surface area contributed by atoms with E-state index in [0.717, 1.165) is 0 Å². The Hall–Kier alpha value is -1.22. The Morgan fingerprint density at radius 1 is 1.20 bits per heavy atom. The molecule has 110 valence electrons. The predicted octanol–water partition coefficient (Wildman–Crippen LogP) is 2.97. The smallest absolute Gasteiger partial charge is 0.0376 e. The van der Waals surface area contributed by atoms with Gasteiger partial charge >= 0.3 is 0 Å². The molecule has 1 fully saturated rings. The lowest BCUT2D eigenvalue weighted by molar-refractivity contribution is 0.258. The van der Waals surface area contributed by atoms with Gasteiger partial charge in [0.1, 0.15) is 0 Å². The van der Waals surface area contributed by atoms with E-state index in [4.69, 9.17) is 0 Å². The third kappa shape index (κ3) is 2.93. The molecule has 0 saturated carbocycles. The van der Waals surface area contributed by atoms with Gasteiger partial charge < -0.3 is 10.2 Å². The molecule has 1 aromatic carbocycles. The normalized spacial score (nSPS) is 23.3. The third-order valence-corrected chi connectivity index (χ3v) is 4.61. The lowest BCUT2D eigenvalue weighted by atomic mass is 9.98. The van der Waals surface area contributed by atoms with Gasteiger partial charge in [0.25, 0.3) is 0 Å². The number of hydrogen-bond donors (Lipinski definition) is 1. The van der Waals surface area contributed by atoms with Gasteiger partial charge in [0.2, 0.25) is 0 Å². The minimum absolute atomic E-state index is 0.617. The average Bonchev–Trinajstić information content (AvgIpc) is 2.48. The number of benzene rings is 1. The summed E-state index contributed by atoms with van der Waals surface area (Å²) in [5.41, 5.74) is 4.25. The molecular formula is C17H27N3. The highest BCUT2D eigenvalue weighted by Crippen LogP contribution is 2.29. The standard InChI is InChI=1S/C17H27N3/c1-3-8-19-9-11-20(12-10-19)16-6-7-17-15(13-16)5-4-14(2)18-17/h6-7,13-14,18H,3-5,8-12H2,1-2H3. The van der Waals surface area contributed by atoms with E-state index in [1.165, 1.54) is 68.9 Å². The first-order valence-corrected chi connectivity index (χ1v) is 8.13. The van der Waals surface area contributed by atoms with Gasteiger partial charge in [-0.05, 0) is 56.5 Å². The minimum atomic E-state index is 0.617. The summed E-state index contributed by atoms with van der Waals surface area (Å²) in [6.45, 7) is 10.5. The van der Waals surface area contributed by atoms with E-state index < -0.39 is 0 Å². The second-order valence-corrected chi connectivity index (χ2v) is 6.25. The summed E-state index contributed by atoms with van der Waals surface area (Å²) < 4.78 is 0. The zero-order valence-electron chi connectivity index (χ0n) is 12.9. The molecule has 0 radical (unpaired) electrons. The Balaban J connectivity index is 1.66. The summed E-state index contributed by atoms with van der Waals surface area (Å²) in [7, 11) is 0. The van der Waals surface area contributed by atoms with Gasteiger partial charge in [0.05, 0.1) is 0 Å². The molecule has 2 aliphatic rings. The molecule has 0 aromatic heterocycles. The quantitative estimate of drug-likeness (QED) is 0.913. The molecule has 3 nitrogen and oxygen atoms in total. The van der Waals surface area contributed by atoms with E-state index in [0.29, 0.717) is 6.04 Å². The van der Waals surface area contributed by atoms with Crippen molar-refractivity contribution >= 4 is 11.4 Å². The fraction of sp³-hybridized carbons (Fsp3) is 0.647. The van der Waals surface area contributed by atoms with Crippen LogP contribution in [-0.4, -0.2) is 43.7 Å². The zero-order valence-corrected chi connectivity index (χ0v) is 12.9. The van der Waals surface area contributed by atoms with Gasteiger partial charge in [-0.2, -0.15) is 0 Å². The fourth-order valence-corrected chi connectivity index (χ4v) is 3.38. The van der Waals surface area contributed by atoms with Crippen LogP contribution in [0.15, 0.2) is 18.2 Å². The minimum Gasteiger partial charge on any atom is -0.382 e. The maximum Gasteiger partial charge on any atom is 0.0376 e. The highest BCUT2D eigenvalue weighted by atomic mass is 15.3. The van der Waals surface area contributed by atoms with E-state index in [9.17, 15) is 0 Å². The van der Waals surface area contributed by atoms with Crippen LogP contribution in [0.25, 0.3) is 0 Å². The Morgan fingerprint density at radius 2 is 2.00 bits per heavy atom. The van der Waals surface area contributed by atoms with Gasteiger partial charge in [-0.3, -0.25) is 4.90 Å². The molecule has 0 amide bonds. The van der Waals surface area contributed by atoms with Gasteiger partial charge in [-0.15, -0.1) is 0 Å². The molecular weight excluding hydrogens is 246 g/mol. The van der Waals surface area contributed by atoms with Crippen LogP contribution >= 0.6 is 0 Å². The van der Waals surface area contributed by atoms with Crippen molar-refractivity contribution in [2.45, 2.75) is 39.2 Å². The first-order valence-electron chi connectivity index (χ1n) is 8.13. The van der Waals surface area contributed by atoms with Crippen molar-refractivity contribution in [3.63, 3.8) is 0 Å². The second-order valence-electron chi connectivity index (χ2n) is 6.25. The van der Waals surface area contributed by atoms with E-state index in [2.05, 4.69) is 47.2 Å². The van der Waals surface area contributed by atoms with Crippen LogP contribution in [0.3, 0.4) is 0 Å². The summed E-state index contributed by atoms with van der Waals surface area (Å²) in [5.74, 6) is 0. The first-order chi connectivity index (χ1) is 9.76. The molecule has 2 heterocycles. The van der Waals surface area contributed by atoms with Crippen molar-refractivity contribution in [1.82, 2.24) is 4.90 Å². The molecule has 3 heteroatoms. The average molecular weight is 273 g/mol. The Labute approximate surface area is 123 Å². The largest absolute Gasteiger partial charge is 0.382 e. The number of aryl methyl sites for hydroxylation is 1. The number of hydrogen-bond acceptors (Lipinski definition) is 3. The molecule has 1 N–H and O–H groups in total. The van der Waals surface area contributed by atoms with Crippen molar-refractivity contribution in [3.05, 3.63) is 23.8 Å². The first kappa shape index (κ1) is 13.7. The molecule has 1 aromatic rings. The zero-order chi connectivity index (χ0) is 13.9. The molecule has 1 saturated heterocycles. The van der Waals surface area contributed by atoms with E-state index >= 15 is 0 Å². The Morgan fingerprint density at radius 3 is 2.75 bits per heavy atom. The number of anilines is 2. The topological polar surface area (TPSA) is 18.5 Å². The van der Waals surface area contributed by atoms with Crippen LogP contribution in [-0.2, 0) is 6.42 Å². The number of piperazine rings is 1. The number of nitrogens with zero attached hydrogens (tertiary/aromatic N) is 2. The van der Waals surface area contributed by atoms with Crippen molar-refractivity contribution in [3.8, 4) is 0 Å². The van der Waals surface area contributed by atoms with E-state index in [-0.39, 0.29) is 0 Å². The molecule has 2 aliphatic heterocycles. The predicted molar refractivity (Wildman–Crippen MR) is 86.8 cm³/mol. The molecule has 0 spiro atoms. The van der Waals surface area contributed by atoms with Gasteiger partial charge in [0.15, 0.2) is 0 Å². The second kappa shape index (κ2) is 6.04. The highest BCUT2D eigenvalue weighted by molar-refractivity contribution is 5.62. The molecule has 20 heavy (non-hydrogen) atoms. The summed E-state index contributed by atoms with van der Waals surface area (Å²) in [4.78, 5) is 5.13. The van der Waals surface area contributed by atoms with E-state index in [1.807, 2.05) is 0 Å². The Bertz CT molecular complexity index is 450. The van der Waals surface area contributed by atoms with Crippen molar-refractivity contribution < 1.29 is 0 Å².